The molecule has 2 atom stereocenters. The Hall–Kier alpha value is -0.290. The van der Waals surface area contributed by atoms with E-state index in [4.69, 9.17) is 0 Å². The van der Waals surface area contributed by atoms with E-state index in [9.17, 15) is 0 Å². The van der Waals surface area contributed by atoms with Crippen molar-refractivity contribution in [2.24, 2.45) is 5.92 Å². The van der Waals surface area contributed by atoms with Crippen LogP contribution in [0.3, 0.4) is 0 Å². The fourth-order valence-electron chi connectivity index (χ4n) is 3.47. The van der Waals surface area contributed by atoms with Gasteiger partial charge in [0.2, 0.25) is 0 Å². The van der Waals surface area contributed by atoms with Gasteiger partial charge < -0.3 is 5.32 Å². The van der Waals surface area contributed by atoms with Crippen LogP contribution in [0, 0.1) is 5.92 Å². The van der Waals surface area contributed by atoms with E-state index in [1.165, 1.54) is 62.5 Å². The third-order valence-corrected chi connectivity index (χ3v) is 5.90. The van der Waals surface area contributed by atoms with Crippen LogP contribution in [0.1, 0.15) is 31.4 Å². The maximum atomic E-state index is 4.55. The Bertz CT molecular complexity index is 404. The predicted octanol–water partition coefficient (Wildman–Crippen LogP) is 3.20. The van der Waals surface area contributed by atoms with Crippen LogP contribution in [0.4, 0.5) is 0 Å². The quantitative estimate of drug-likeness (QED) is 0.890. The van der Waals surface area contributed by atoms with Gasteiger partial charge in [-0.25, -0.2) is 0 Å². The Morgan fingerprint density at radius 3 is 2.95 bits per heavy atom. The van der Waals surface area contributed by atoms with Crippen molar-refractivity contribution in [3.05, 3.63) is 30.1 Å². The first-order valence-corrected chi connectivity index (χ1v) is 9.50. The van der Waals surface area contributed by atoms with E-state index in [1.54, 1.807) is 0 Å². The van der Waals surface area contributed by atoms with Crippen molar-refractivity contribution in [2.75, 3.05) is 31.1 Å². The van der Waals surface area contributed by atoms with Crippen LogP contribution in [0.15, 0.2) is 24.4 Å². The van der Waals surface area contributed by atoms with Crippen LogP contribution >= 0.6 is 24.2 Å². The van der Waals surface area contributed by atoms with Crippen molar-refractivity contribution in [3.8, 4) is 0 Å². The minimum Gasteiger partial charge on any atom is -0.317 e. The van der Waals surface area contributed by atoms with Gasteiger partial charge >= 0.3 is 0 Å². The Morgan fingerprint density at radius 1 is 1.23 bits per heavy atom. The molecule has 0 amide bonds. The van der Waals surface area contributed by atoms with Gasteiger partial charge in [-0.1, -0.05) is 6.07 Å². The minimum atomic E-state index is 0. The SMILES string of the molecule is Cl.c1ccc(CN(CC2CCSC2)C2CCCNCC2)nc1. The summed E-state index contributed by atoms with van der Waals surface area (Å²) in [5.74, 6) is 3.59. The third-order valence-electron chi connectivity index (χ3n) is 4.67. The van der Waals surface area contributed by atoms with Gasteiger partial charge in [0.15, 0.2) is 0 Å². The van der Waals surface area contributed by atoms with Crippen LogP contribution in [0.5, 0.6) is 0 Å². The summed E-state index contributed by atoms with van der Waals surface area (Å²) in [5, 5.41) is 3.54. The van der Waals surface area contributed by atoms with Gasteiger partial charge in [-0.3, -0.25) is 9.88 Å². The molecule has 3 nitrogen and oxygen atoms in total. The first-order chi connectivity index (χ1) is 10.4. The van der Waals surface area contributed by atoms with E-state index in [0.717, 1.165) is 18.5 Å². The molecule has 1 aromatic rings. The molecule has 2 saturated heterocycles. The maximum Gasteiger partial charge on any atom is 0.0544 e. The van der Waals surface area contributed by atoms with Crippen molar-refractivity contribution < 1.29 is 0 Å². The summed E-state index contributed by atoms with van der Waals surface area (Å²) < 4.78 is 0. The average molecular weight is 342 g/mol. The lowest BCUT2D eigenvalue weighted by molar-refractivity contribution is 0.149. The fourth-order valence-corrected chi connectivity index (χ4v) is 4.74. The summed E-state index contributed by atoms with van der Waals surface area (Å²) in [5.41, 5.74) is 1.22. The summed E-state index contributed by atoms with van der Waals surface area (Å²) in [6.07, 6.45) is 7.25. The first-order valence-electron chi connectivity index (χ1n) is 8.34. The lowest BCUT2D eigenvalue weighted by Crippen LogP contribution is -2.39. The van der Waals surface area contributed by atoms with E-state index in [2.05, 4.69) is 39.1 Å². The molecule has 5 heteroatoms. The molecule has 3 rings (SSSR count). The Morgan fingerprint density at radius 2 is 2.18 bits per heavy atom. The Labute approximate surface area is 145 Å². The van der Waals surface area contributed by atoms with Crippen LogP contribution in [-0.2, 0) is 6.54 Å². The molecule has 1 aromatic heterocycles. The molecule has 1 N–H and O–H groups in total. The summed E-state index contributed by atoms with van der Waals surface area (Å²) >= 11 is 2.13. The molecule has 0 aromatic carbocycles. The van der Waals surface area contributed by atoms with Gasteiger partial charge in [-0.15, -0.1) is 12.4 Å². The number of hydrogen-bond donors (Lipinski definition) is 1. The highest BCUT2D eigenvalue weighted by atomic mass is 35.5. The standard InChI is InChI=1S/C17H27N3S.ClH/c1-2-9-19-16(4-1)13-20(12-15-7-11-21-14-15)17-5-3-8-18-10-6-17;/h1-2,4,9,15,17-18H,3,5-8,10-14H2;1H. The number of halogens is 1. The first kappa shape index (κ1) is 18.1. The molecule has 2 aliphatic heterocycles. The van der Waals surface area contributed by atoms with Crippen LogP contribution in [0.2, 0.25) is 0 Å². The van der Waals surface area contributed by atoms with Crippen LogP contribution < -0.4 is 5.32 Å². The molecule has 0 saturated carbocycles. The van der Waals surface area contributed by atoms with E-state index in [1.807, 2.05) is 12.3 Å². The van der Waals surface area contributed by atoms with Gasteiger partial charge in [0.05, 0.1) is 5.69 Å². The topological polar surface area (TPSA) is 28.2 Å². The number of nitrogens with one attached hydrogen (secondary N) is 1. The maximum absolute atomic E-state index is 4.55. The highest BCUT2D eigenvalue weighted by Gasteiger charge is 2.25. The second-order valence-electron chi connectivity index (χ2n) is 6.31. The van der Waals surface area contributed by atoms with Crippen molar-refractivity contribution in [1.82, 2.24) is 15.2 Å². The molecular weight excluding hydrogens is 314 g/mol. The van der Waals surface area contributed by atoms with Gasteiger partial charge in [-0.05, 0) is 68.3 Å². The number of pyridine rings is 1. The van der Waals surface area contributed by atoms with Crippen molar-refractivity contribution in [3.63, 3.8) is 0 Å². The number of nitrogens with zero attached hydrogens (tertiary/aromatic N) is 2. The molecule has 0 aliphatic carbocycles. The molecule has 0 radical (unpaired) electrons. The monoisotopic (exact) mass is 341 g/mol. The zero-order valence-electron chi connectivity index (χ0n) is 13.2. The molecule has 124 valence electrons. The largest absolute Gasteiger partial charge is 0.317 e. The smallest absolute Gasteiger partial charge is 0.0544 e. The van der Waals surface area contributed by atoms with E-state index in [-0.39, 0.29) is 12.4 Å². The van der Waals surface area contributed by atoms with E-state index < -0.39 is 0 Å². The number of aromatic nitrogens is 1. The third kappa shape index (κ3) is 5.41. The predicted molar refractivity (Wildman–Crippen MR) is 97.8 cm³/mol. The molecule has 22 heavy (non-hydrogen) atoms. The fraction of sp³-hybridized carbons (Fsp3) is 0.706. The molecule has 0 spiro atoms. The summed E-state index contributed by atoms with van der Waals surface area (Å²) in [6.45, 7) is 4.64. The highest BCUT2D eigenvalue weighted by Crippen LogP contribution is 2.26. The Balaban J connectivity index is 0.00000176. The molecule has 2 unspecified atom stereocenters. The van der Waals surface area contributed by atoms with Gasteiger partial charge in [0.25, 0.3) is 0 Å². The molecule has 3 heterocycles. The molecule has 0 bridgehead atoms. The Kier molecular flexibility index (Phi) is 8.01. The summed E-state index contributed by atoms with van der Waals surface area (Å²) in [7, 11) is 0. The average Bonchev–Trinajstić information content (AvgIpc) is 2.87. The van der Waals surface area contributed by atoms with Gasteiger partial charge in [0.1, 0.15) is 0 Å². The van der Waals surface area contributed by atoms with Crippen molar-refractivity contribution >= 4 is 24.2 Å². The van der Waals surface area contributed by atoms with Crippen molar-refractivity contribution in [2.45, 2.75) is 38.3 Å². The van der Waals surface area contributed by atoms with Crippen LogP contribution in [-0.4, -0.2) is 47.1 Å². The molecule has 2 fully saturated rings. The zero-order chi connectivity index (χ0) is 14.3. The van der Waals surface area contributed by atoms with Gasteiger partial charge in [-0.2, -0.15) is 11.8 Å². The lowest BCUT2D eigenvalue weighted by atomic mass is 10.0. The highest BCUT2D eigenvalue weighted by molar-refractivity contribution is 7.99. The minimum absolute atomic E-state index is 0. The second-order valence-corrected chi connectivity index (χ2v) is 7.46. The molecule has 2 aliphatic rings. The molecular formula is C17H28ClN3S. The zero-order valence-corrected chi connectivity index (χ0v) is 14.9. The number of rotatable bonds is 5. The lowest BCUT2D eigenvalue weighted by Gasteiger charge is -2.32. The second kappa shape index (κ2) is 9.76. The van der Waals surface area contributed by atoms with E-state index >= 15 is 0 Å². The summed E-state index contributed by atoms with van der Waals surface area (Å²) in [4.78, 5) is 7.28. The summed E-state index contributed by atoms with van der Waals surface area (Å²) in [6, 6.07) is 7.02. The number of hydrogen-bond acceptors (Lipinski definition) is 4. The van der Waals surface area contributed by atoms with Crippen molar-refractivity contribution in [1.29, 1.82) is 0 Å². The van der Waals surface area contributed by atoms with Crippen LogP contribution in [0.25, 0.3) is 0 Å². The normalized spacial score (nSPS) is 25.7. The van der Waals surface area contributed by atoms with E-state index in [0.29, 0.717) is 0 Å². The number of thioether (sulfide) groups is 1. The van der Waals surface area contributed by atoms with Gasteiger partial charge in [0, 0.05) is 25.3 Å².